The van der Waals surface area contributed by atoms with E-state index in [0.29, 0.717) is 41.5 Å². The van der Waals surface area contributed by atoms with Crippen molar-refractivity contribution >= 4 is 58.1 Å². The molecule has 2 aromatic carbocycles. The van der Waals surface area contributed by atoms with Gasteiger partial charge < -0.3 is 15.3 Å². The fourth-order valence-electron chi connectivity index (χ4n) is 5.66. The SMILES string of the molecule is O=C(O)C(Cc1ccc2c(c1)CCN2C(=O)c1c(Cl)cccc1Cl)NC1=C(Cl)C(=O)C12CCCCC2. The van der Waals surface area contributed by atoms with Crippen molar-refractivity contribution in [3.63, 3.8) is 0 Å². The molecule has 1 saturated carbocycles. The number of hydrogen-bond acceptors (Lipinski definition) is 4. The lowest BCUT2D eigenvalue weighted by atomic mass is 9.62. The number of amides is 1. The summed E-state index contributed by atoms with van der Waals surface area (Å²) in [6.45, 7) is 0.479. The van der Waals surface area contributed by atoms with Gasteiger partial charge in [-0.3, -0.25) is 9.59 Å². The number of carbonyl (C=O) groups excluding carboxylic acids is 2. The van der Waals surface area contributed by atoms with E-state index in [0.717, 1.165) is 36.1 Å². The molecule has 1 unspecified atom stereocenters. The van der Waals surface area contributed by atoms with E-state index < -0.39 is 17.4 Å². The molecule has 0 saturated heterocycles. The fourth-order valence-corrected chi connectivity index (χ4v) is 6.63. The Morgan fingerprint density at radius 1 is 1.06 bits per heavy atom. The lowest BCUT2D eigenvalue weighted by Gasteiger charge is -2.45. The largest absolute Gasteiger partial charge is 0.480 e. The van der Waals surface area contributed by atoms with Gasteiger partial charge in [0, 0.05) is 24.4 Å². The third kappa shape index (κ3) is 4.19. The second kappa shape index (κ2) is 9.73. The number of nitrogens with one attached hydrogen (secondary N) is 1. The van der Waals surface area contributed by atoms with E-state index in [1.807, 2.05) is 18.2 Å². The number of Topliss-reactive ketones (excluding diaryl/α,β-unsaturated/α-hetero) is 1. The highest BCUT2D eigenvalue weighted by atomic mass is 35.5. The first-order chi connectivity index (χ1) is 17.2. The zero-order valence-corrected chi connectivity index (χ0v) is 21.7. The number of aliphatic carboxylic acids is 1. The van der Waals surface area contributed by atoms with Gasteiger partial charge in [-0.25, -0.2) is 4.79 Å². The number of benzene rings is 2. The predicted octanol–water partition coefficient (Wildman–Crippen LogP) is 5.77. The number of nitrogens with zero attached hydrogens (tertiary/aromatic N) is 1. The highest BCUT2D eigenvalue weighted by molar-refractivity contribution is 6.47. The van der Waals surface area contributed by atoms with Crippen LogP contribution in [0.25, 0.3) is 0 Å². The maximum absolute atomic E-state index is 13.2. The Kier molecular flexibility index (Phi) is 6.79. The van der Waals surface area contributed by atoms with Gasteiger partial charge in [0.25, 0.3) is 5.91 Å². The van der Waals surface area contributed by atoms with Gasteiger partial charge in [-0.1, -0.05) is 72.3 Å². The Balaban J connectivity index is 1.35. The number of carboxylic acids is 1. The average molecular weight is 548 g/mol. The summed E-state index contributed by atoms with van der Waals surface area (Å²) in [5, 5.41) is 13.8. The molecule has 1 amide bonds. The molecule has 2 aliphatic carbocycles. The summed E-state index contributed by atoms with van der Waals surface area (Å²) >= 11 is 18.7. The van der Waals surface area contributed by atoms with Crippen LogP contribution in [0.5, 0.6) is 0 Å². The van der Waals surface area contributed by atoms with Crippen LogP contribution in [0, 0.1) is 5.41 Å². The van der Waals surface area contributed by atoms with Crippen molar-refractivity contribution < 1.29 is 19.5 Å². The minimum absolute atomic E-state index is 0.0728. The molecule has 2 aromatic rings. The minimum Gasteiger partial charge on any atom is -0.480 e. The first-order valence-electron chi connectivity index (χ1n) is 12.0. The topological polar surface area (TPSA) is 86.7 Å². The molecular weight excluding hydrogens is 523 g/mol. The summed E-state index contributed by atoms with van der Waals surface area (Å²) in [5.74, 6) is -1.35. The molecular formula is C27H25Cl3N2O4. The van der Waals surface area contributed by atoms with Crippen LogP contribution in [0.1, 0.15) is 53.6 Å². The number of carboxylic acid groups (broad SMARTS) is 1. The van der Waals surface area contributed by atoms with Gasteiger partial charge in [0.05, 0.1) is 21.0 Å². The summed E-state index contributed by atoms with van der Waals surface area (Å²) in [6.07, 6.45) is 5.18. The number of hydrogen-bond donors (Lipinski definition) is 2. The number of allylic oxidation sites excluding steroid dienone is 2. The van der Waals surface area contributed by atoms with E-state index in [1.165, 1.54) is 0 Å². The summed E-state index contributed by atoms with van der Waals surface area (Å²) in [6, 6.07) is 9.63. The number of carbonyl (C=O) groups is 3. The van der Waals surface area contributed by atoms with E-state index in [-0.39, 0.29) is 28.7 Å². The van der Waals surface area contributed by atoms with Crippen molar-refractivity contribution in [1.82, 2.24) is 5.32 Å². The molecule has 0 radical (unpaired) electrons. The molecule has 36 heavy (non-hydrogen) atoms. The predicted molar refractivity (Wildman–Crippen MR) is 140 cm³/mol. The highest BCUT2D eigenvalue weighted by Gasteiger charge is 2.54. The smallest absolute Gasteiger partial charge is 0.326 e. The molecule has 5 rings (SSSR count). The normalized spacial score (nSPS) is 19.2. The van der Waals surface area contributed by atoms with Crippen molar-refractivity contribution in [2.45, 2.75) is 51.0 Å². The fraction of sp³-hybridized carbons (Fsp3) is 0.370. The molecule has 6 nitrogen and oxygen atoms in total. The molecule has 188 valence electrons. The monoisotopic (exact) mass is 546 g/mol. The summed E-state index contributed by atoms with van der Waals surface area (Å²) in [4.78, 5) is 39.6. The first-order valence-corrected chi connectivity index (χ1v) is 13.2. The van der Waals surface area contributed by atoms with Crippen LogP contribution in [-0.4, -0.2) is 35.4 Å². The highest BCUT2D eigenvalue weighted by Crippen LogP contribution is 2.53. The zero-order valence-electron chi connectivity index (χ0n) is 19.5. The van der Waals surface area contributed by atoms with Crippen molar-refractivity contribution in [2.75, 3.05) is 11.4 Å². The minimum atomic E-state index is -1.01. The third-order valence-electron chi connectivity index (χ3n) is 7.56. The quantitative estimate of drug-likeness (QED) is 0.480. The number of rotatable bonds is 6. The van der Waals surface area contributed by atoms with E-state index in [1.54, 1.807) is 23.1 Å². The molecule has 2 N–H and O–H groups in total. The van der Waals surface area contributed by atoms with Gasteiger partial charge >= 0.3 is 5.97 Å². The molecule has 3 aliphatic rings. The Bertz CT molecular complexity index is 1280. The van der Waals surface area contributed by atoms with Crippen LogP contribution < -0.4 is 10.2 Å². The van der Waals surface area contributed by atoms with Crippen LogP contribution in [0.4, 0.5) is 5.69 Å². The third-order valence-corrected chi connectivity index (χ3v) is 8.55. The molecule has 1 spiro atoms. The van der Waals surface area contributed by atoms with Crippen molar-refractivity contribution in [3.05, 3.63) is 73.9 Å². The Morgan fingerprint density at radius 3 is 2.42 bits per heavy atom. The van der Waals surface area contributed by atoms with Crippen LogP contribution in [0.2, 0.25) is 10.0 Å². The summed E-state index contributed by atoms with van der Waals surface area (Å²) < 4.78 is 0. The molecule has 1 heterocycles. The summed E-state index contributed by atoms with van der Waals surface area (Å²) in [5.41, 5.74) is 2.73. The molecule has 9 heteroatoms. The van der Waals surface area contributed by atoms with Crippen LogP contribution in [0.3, 0.4) is 0 Å². The van der Waals surface area contributed by atoms with Gasteiger partial charge in [-0.05, 0) is 48.6 Å². The lowest BCUT2D eigenvalue weighted by molar-refractivity contribution is -0.140. The van der Waals surface area contributed by atoms with E-state index in [2.05, 4.69) is 5.32 Å². The van der Waals surface area contributed by atoms with Crippen molar-refractivity contribution in [2.24, 2.45) is 5.41 Å². The van der Waals surface area contributed by atoms with Gasteiger partial charge in [0.2, 0.25) is 0 Å². The Morgan fingerprint density at radius 2 is 1.75 bits per heavy atom. The molecule has 1 fully saturated rings. The Hall–Kier alpha value is -2.54. The van der Waals surface area contributed by atoms with E-state index >= 15 is 0 Å². The van der Waals surface area contributed by atoms with Crippen LogP contribution >= 0.6 is 34.8 Å². The molecule has 0 aromatic heterocycles. The molecule has 0 bridgehead atoms. The summed E-state index contributed by atoms with van der Waals surface area (Å²) in [7, 11) is 0. The van der Waals surface area contributed by atoms with Gasteiger partial charge in [0.15, 0.2) is 5.78 Å². The van der Waals surface area contributed by atoms with Crippen molar-refractivity contribution in [1.29, 1.82) is 0 Å². The van der Waals surface area contributed by atoms with Gasteiger partial charge in [-0.2, -0.15) is 0 Å². The standard InChI is InChI=1S/C27H25Cl3N2O4/c28-17-5-4-6-18(29)21(17)25(34)32-12-9-16-13-15(7-8-20(16)32)14-19(26(35)36)31-23-22(30)24(33)27(23)10-2-1-3-11-27/h4-8,13,19,31H,1-3,9-12,14H2,(H,35,36). The number of fused-ring (bicyclic) bond motifs is 1. The maximum atomic E-state index is 13.2. The first kappa shape index (κ1) is 25.1. The van der Waals surface area contributed by atoms with Crippen LogP contribution in [0.15, 0.2) is 47.1 Å². The van der Waals surface area contributed by atoms with E-state index in [4.69, 9.17) is 34.8 Å². The number of anilines is 1. The zero-order chi connectivity index (χ0) is 25.6. The number of ketones is 1. The second-order valence-electron chi connectivity index (χ2n) is 9.67. The van der Waals surface area contributed by atoms with Crippen molar-refractivity contribution in [3.8, 4) is 0 Å². The van der Waals surface area contributed by atoms with Crippen LogP contribution in [-0.2, 0) is 22.4 Å². The molecule has 1 atom stereocenters. The average Bonchev–Trinajstić information content (AvgIpc) is 3.29. The molecule has 1 aliphatic heterocycles. The lowest BCUT2D eigenvalue weighted by Crippen LogP contribution is -2.53. The number of halogens is 3. The van der Waals surface area contributed by atoms with E-state index in [9.17, 15) is 19.5 Å². The van der Waals surface area contributed by atoms with Gasteiger partial charge in [0.1, 0.15) is 11.1 Å². The second-order valence-corrected chi connectivity index (χ2v) is 10.9. The van der Waals surface area contributed by atoms with Gasteiger partial charge in [-0.15, -0.1) is 0 Å². The maximum Gasteiger partial charge on any atom is 0.326 e. The Labute approximate surface area is 224 Å².